The van der Waals surface area contributed by atoms with E-state index >= 15 is 0 Å². The van der Waals surface area contributed by atoms with Crippen LogP contribution in [0.25, 0.3) is 0 Å². The molecule has 0 saturated carbocycles. The van der Waals surface area contributed by atoms with Crippen LogP contribution in [0, 0.1) is 5.82 Å². The molecule has 5 nitrogen and oxygen atoms in total. The Labute approximate surface area is 166 Å². The molecule has 1 aliphatic heterocycles. The maximum absolute atomic E-state index is 13.4. The van der Waals surface area contributed by atoms with Crippen molar-refractivity contribution < 1.29 is 17.6 Å². The molecule has 1 fully saturated rings. The van der Waals surface area contributed by atoms with Crippen molar-refractivity contribution in [3.8, 4) is 0 Å². The molecular formula is C19H20BrFN2O3S. The topological polar surface area (TPSA) is 66.5 Å². The molecule has 0 bridgehead atoms. The van der Waals surface area contributed by atoms with Crippen molar-refractivity contribution in [2.45, 2.75) is 30.6 Å². The lowest BCUT2D eigenvalue weighted by Gasteiger charge is -2.20. The minimum atomic E-state index is -3.53. The van der Waals surface area contributed by atoms with Crippen LogP contribution in [0.15, 0.2) is 51.8 Å². The second kappa shape index (κ2) is 8.50. The minimum Gasteiger partial charge on any atom is -0.322 e. The third-order valence-corrected chi connectivity index (χ3v) is 7.09. The molecule has 0 aliphatic carbocycles. The molecule has 0 unspecified atom stereocenters. The summed E-state index contributed by atoms with van der Waals surface area (Å²) in [6, 6.07) is 9.89. The monoisotopic (exact) mass is 454 g/mol. The highest BCUT2D eigenvalue weighted by atomic mass is 79.9. The Bertz CT molecular complexity index is 924. The summed E-state index contributed by atoms with van der Waals surface area (Å²) in [5.41, 5.74) is 0.599. The Hall–Kier alpha value is -1.77. The van der Waals surface area contributed by atoms with Crippen LogP contribution in [-0.2, 0) is 10.0 Å². The zero-order chi connectivity index (χ0) is 19.4. The quantitative estimate of drug-likeness (QED) is 0.743. The maximum Gasteiger partial charge on any atom is 0.256 e. The van der Waals surface area contributed by atoms with Crippen molar-refractivity contribution in [3.05, 3.63) is 58.3 Å². The molecule has 144 valence electrons. The van der Waals surface area contributed by atoms with E-state index < -0.39 is 21.7 Å². The van der Waals surface area contributed by atoms with Gasteiger partial charge in [0.2, 0.25) is 10.0 Å². The number of nitrogens with one attached hydrogen (secondary N) is 1. The molecule has 1 amide bonds. The number of benzene rings is 2. The summed E-state index contributed by atoms with van der Waals surface area (Å²) in [6.45, 7) is 1.07. The highest BCUT2D eigenvalue weighted by Gasteiger charge is 2.25. The number of sulfonamides is 1. The number of carbonyl (C=O) groups is 1. The number of hydrogen-bond donors (Lipinski definition) is 1. The smallest absolute Gasteiger partial charge is 0.256 e. The first-order valence-corrected chi connectivity index (χ1v) is 11.0. The predicted molar refractivity (Wildman–Crippen MR) is 106 cm³/mol. The Balaban J connectivity index is 1.75. The number of hydrogen-bond acceptors (Lipinski definition) is 3. The molecular weight excluding hydrogens is 435 g/mol. The highest BCUT2D eigenvalue weighted by molar-refractivity contribution is 9.10. The summed E-state index contributed by atoms with van der Waals surface area (Å²) in [4.78, 5) is 12.5. The third kappa shape index (κ3) is 4.75. The molecule has 0 atom stereocenters. The third-order valence-electron chi connectivity index (χ3n) is 4.49. The zero-order valence-corrected chi connectivity index (χ0v) is 17.0. The van der Waals surface area contributed by atoms with Gasteiger partial charge in [-0.25, -0.2) is 12.8 Å². The molecule has 3 rings (SSSR count). The summed E-state index contributed by atoms with van der Waals surface area (Å²) in [6.07, 6.45) is 3.84. The SMILES string of the molecule is O=C(Nc1ccc(S(=O)(=O)N2CCCCCC2)cc1)c1cc(F)ccc1Br. The van der Waals surface area contributed by atoms with E-state index in [1.807, 2.05) is 0 Å². The highest BCUT2D eigenvalue weighted by Crippen LogP contribution is 2.23. The molecule has 1 N–H and O–H groups in total. The van der Waals surface area contributed by atoms with Crippen LogP contribution in [-0.4, -0.2) is 31.7 Å². The maximum atomic E-state index is 13.4. The minimum absolute atomic E-state index is 0.163. The standard InChI is InChI=1S/C19H20BrFN2O3S/c20-18-10-5-14(21)13-17(18)19(24)22-15-6-8-16(9-7-15)27(25,26)23-11-3-1-2-4-12-23/h5-10,13H,1-4,11-12H2,(H,22,24). The van der Waals surface area contributed by atoms with Crippen molar-refractivity contribution in [2.24, 2.45) is 0 Å². The molecule has 1 aliphatic rings. The van der Waals surface area contributed by atoms with Crippen LogP contribution >= 0.6 is 15.9 Å². The molecule has 27 heavy (non-hydrogen) atoms. The fraction of sp³-hybridized carbons (Fsp3) is 0.316. The first kappa shape index (κ1) is 20.0. The van der Waals surface area contributed by atoms with Crippen LogP contribution in [0.5, 0.6) is 0 Å². The van der Waals surface area contributed by atoms with Crippen molar-refractivity contribution >= 4 is 37.5 Å². The van der Waals surface area contributed by atoms with E-state index in [1.165, 1.54) is 40.7 Å². The van der Waals surface area contributed by atoms with Crippen molar-refractivity contribution in [2.75, 3.05) is 18.4 Å². The van der Waals surface area contributed by atoms with Crippen molar-refractivity contribution in [1.82, 2.24) is 4.31 Å². The summed E-state index contributed by atoms with van der Waals surface area (Å²) < 4.78 is 40.9. The van der Waals surface area contributed by atoms with Gasteiger partial charge in [0.1, 0.15) is 5.82 Å². The Morgan fingerprint density at radius 3 is 2.26 bits per heavy atom. The molecule has 1 heterocycles. The summed E-state index contributed by atoms with van der Waals surface area (Å²) in [5.74, 6) is -0.994. The molecule has 2 aromatic rings. The van der Waals surface area contributed by atoms with Crippen LogP contribution in [0.1, 0.15) is 36.0 Å². The van der Waals surface area contributed by atoms with Gasteiger partial charge >= 0.3 is 0 Å². The van der Waals surface area contributed by atoms with E-state index in [0.29, 0.717) is 23.2 Å². The Morgan fingerprint density at radius 1 is 1.00 bits per heavy atom. The average Bonchev–Trinajstić information content (AvgIpc) is 2.94. The molecule has 0 spiro atoms. The van der Waals surface area contributed by atoms with Gasteiger partial charge in [0.15, 0.2) is 0 Å². The summed E-state index contributed by atoms with van der Waals surface area (Å²) >= 11 is 3.22. The number of rotatable bonds is 4. The Kier molecular flexibility index (Phi) is 6.29. The fourth-order valence-electron chi connectivity index (χ4n) is 3.01. The fourth-order valence-corrected chi connectivity index (χ4v) is 4.96. The largest absolute Gasteiger partial charge is 0.322 e. The lowest BCUT2D eigenvalue weighted by molar-refractivity contribution is 0.102. The van der Waals surface area contributed by atoms with Crippen molar-refractivity contribution in [3.63, 3.8) is 0 Å². The molecule has 2 aromatic carbocycles. The van der Waals surface area contributed by atoms with E-state index in [1.54, 1.807) is 0 Å². The van der Waals surface area contributed by atoms with Crippen LogP contribution in [0.4, 0.5) is 10.1 Å². The number of nitrogens with zero attached hydrogens (tertiary/aromatic N) is 1. The zero-order valence-electron chi connectivity index (χ0n) is 14.6. The van der Waals surface area contributed by atoms with Gasteiger partial charge in [0.05, 0.1) is 10.5 Å². The van der Waals surface area contributed by atoms with Crippen molar-refractivity contribution in [1.29, 1.82) is 0 Å². The normalized spacial score (nSPS) is 15.9. The predicted octanol–water partition coefficient (Wildman–Crippen LogP) is 4.41. The summed E-state index contributed by atoms with van der Waals surface area (Å²) in [7, 11) is -3.53. The van der Waals surface area contributed by atoms with Crippen LogP contribution < -0.4 is 5.32 Å². The molecule has 0 aromatic heterocycles. The van der Waals surface area contributed by atoms with E-state index in [2.05, 4.69) is 21.2 Å². The van der Waals surface area contributed by atoms with Gasteiger partial charge in [-0.2, -0.15) is 4.31 Å². The molecule has 0 radical (unpaired) electrons. The Morgan fingerprint density at radius 2 is 1.63 bits per heavy atom. The van der Waals surface area contributed by atoms with E-state index in [-0.39, 0.29) is 10.5 Å². The first-order chi connectivity index (χ1) is 12.9. The number of amides is 1. The van der Waals surface area contributed by atoms with Gasteiger partial charge in [-0.1, -0.05) is 12.8 Å². The number of halogens is 2. The second-order valence-corrected chi connectivity index (χ2v) is 9.21. The van der Waals surface area contributed by atoms with Gasteiger partial charge in [0.25, 0.3) is 5.91 Å². The number of anilines is 1. The second-order valence-electron chi connectivity index (χ2n) is 6.42. The van der Waals surface area contributed by atoms with Gasteiger partial charge in [-0.05, 0) is 71.2 Å². The number of carbonyl (C=O) groups excluding carboxylic acids is 1. The van der Waals surface area contributed by atoms with Crippen LogP contribution in [0.2, 0.25) is 0 Å². The molecule has 1 saturated heterocycles. The van der Waals surface area contributed by atoms with E-state index in [9.17, 15) is 17.6 Å². The van der Waals surface area contributed by atoms with Gasteiger partial charge < -0.3 is 5.32 Å². The van der Waals surface area contributed by atoms with Gasteiger partial charge in [-0.15, -0.1) is 0 Å². The van der Waals surface area contributed by atoms with Crippen LogP contribution in [0.3, 0.4) is 0 Å². The van der Waals surface area contributed by atoms with E-state index in [0.717, 1.165) is 31.7 Å². The van der Waals surface area contributed by atoms with E-state index in [4.69, 9.17) is 0 Å². The average molecular weight is 455 g/mol. The van der Waals surface area contributed by atoms with Gasteiger partial charge in [0, 0.05) is 23.2 Å². The lowest BCUT2D eigenvalue weighted by Crippen LogP contribution is -2.31. The van der Waals surface area contributed by atoms with Gasteiger partial charge in [-0.3, -0.25) is 4.79 Å². The lowest BCUT2D eigenvalue weighted by atomic mass is 10.2. The first-order valence-electron chi connectivity index (χ1n) is 8.74. The molecule has 8 heteroatoms. The summed E-state index contributed by atoms with van der Waals surface area (Å²) in [5, 5.41) is 2.65.